The van der Waals surface area contributed by atoms with E-state index in [2.05, 4.69) is 0 Å². The minimum Gasteiger partial charge on any atom is -0.388 e. The van der Waals surface area contributed by atoms with Crippen molar-refractivity contribution in [2.24, 2.45) is 0 Å². The second-order valence-corrected chi connectivity index (χ2v) is 8.29. The Morgan fingerprint density at radius 2 is 0.871 bits per heavy atom. The quantitative estimate of drug-likeness (QED) is 0.201. The van der Waals surface area contributed by atoms with Gasteiger partial charge in [-0.1, -0.05) is 0 Å². The lowest BCUT2D eigenvalue weighted by molar-refractivity contribution is -0.375. The van der Waals surface area contributed by atoms with E-state index >= 15 is 0 Å². The molecule has 3 aliphatic heterocycles. The van der Waals surface area contributed by atoms with Crippen LogP contribution in [0.2, 0.25) is 0 Å². The third kappa shape index (κ3) is 4.89. The fourth-order valence-electron chi connectivity index (χ4n) is 3.91. The fourth-order valence-corrected chi connectivity index (χ4v) is 3.91. The molecule has 0 saturated carbocycles. The maximum absolute atomic E-state index is 10.5. The number of ether oxygens (including phenoxy) is 5. The van der Waals surface area contributed by atoms with E-state index < -0.39 is 92.1 Å². The number of aliphatic hydroxyl groups excluding tert-OH is 8. The van der Waals surface area contributed by atoms with Crippen molar-refractivity contribution in [2.45, 2.75) is 113 Å². The molecule has 0 bridgehead atoms. The molecule has 13 nitrogen and oxygen atoms in total. The smallest absolute Gasteiger partial charge is 0.187 e. The summed E-state index contributed by atoms with van der Waals surface area (Å²) in [6.07, 6.45) is -20.7. The minimum absolute atomic E-state index is 0.859. The third-order valence-electron chi connectivity index (χ3n) is 5.97. The molecule has 3 rings (SSSR count). The van der Waals surface area contributed by atoms with E-state index in [1.54, 1.807) is 0 Å². The van der Waals surface area contributed by atoms with Crippen molar-refractivity contribution in [3.8, 4) is 0 Å². The van der Waals surface area contributed by atoms with Crippen molar-refractivity contribution in [3.63, 3.8) is 0 Å². The fraction of sp³-hybridized carbons (Fsp3) is 1.00. The summed E-state index contributed by atoms with van der Waals surface area (Å²) >= 11 is 0. The summed E-state index contributed by atoms with van der Waals surface area (Å²) in [5.41, 5.74) is 0. The average molecular weight is 456 g/mol. The first-order valence-electron chi connectivity index (χ1n) is 10.2. The van der Waals surface area contributed by atoms with Crippen LogP contribution in [0.25, 0.3) is 0 Å². The lowest BCUT2D eigenvalue weighted by Crippen LogP contribution is -2.65. The van der Waals surface area contributed by atoms with Gasteiger partial charge >= 0.3 is 0 Å². The number of hydrogen-bond donors (Lipinski definition) is 8. The van der Waals surface area contributed by atoms with Gasteiger partial charge in [-0.2, -0.15) is 0 Å². The van der Waals surface area contributed by atoms with Gasteiger partial charge in [-0.25, -0.2) is 0 Å². The van der Waals surface area contributed by atoms with Crippen LogP contribution in [-0.2, 0) is 23.7 Å². The van der Waals surface area contributed by atoms with Gasteiger partial charge in [0.15, 0.2) is 18.9 Å². The van der Waals surface area contributed by atoms with E-state index in [1.807, 2.05) is 0 Å². The molecule has 3 saturated heterocycles. The van der Waals surface area contributed by atoms with Crippen molar-refractivity contribution < 1.29 is 64.5 Å². The first-order valence-corrected chi connectivity index (χ1v) is 10.2. The zero-order valence-corrected chi connectivity index (χ0v) is 17.3. The van der Waals surface area contributed by atoms with Crippen molar-refractivity contribution in [3.05, 3.63) is 0 Å². The summed E-state index contributed by atoms with van der Waals surface area (Å²) in [5, 5.41) is 80.9. The second-order valence-electron chi connectivity index (χ2n) is 8.29. The van der Waals surface area contributed by atoms with E-state index in [4.69, 9.17) is 23.7 Å². The van der Waals surface area contributed by atoms with E-state index in [9.17, 15) is 40.9 Å². The van der Waals surface area contributed by atoms with Crippen LogP contribution in [0.15, 0.2) is 0 Å². The Balaban J connectivity index is 1.65. The normalized spacial score (nSPS) is 56.4. The van der Waals surface area contributed by atoms with Crippen LogP contribution < -0.4 is 0 Å². The second kappa shape index (κ2) is 9.77. The van der Waals surface area contributed by atoms with Crippen LogP contribution in [0.5, 0.6) is 0 Å². The van der Waals surface area contributed by atoms with E-state index in [0.717, 1.165) is 0 Å². The Hall–Kier alpha value is -0.520. The minimum atomic E-state index is -1.72. The maximum atomic E-state index is 10.5. The Morgan fingerprint density at radius 3 is 1.48 bits per heavy atom. The Kier molecular flexibility index (Phi) is 7.91. The largest absolute Gasteiger partial charge is 0.388 e. The highest BCUT2D eigenvalue weighted by Gasteiger charge is 2.51. The highest BCUT2D eigenvalue weighted by molar-refractivity contribution is 4.94. The van der Waals surface area contributed by atoms with Crippen molar-refractivity contribution in [1.82, 2.24) is 0 Å². The van der Waals surface area contributed by atoms with E-state index in [-0.39, 0.29) is 0 Å². The maximum Gasteiger partial charge on any atom is 0.187 e. The number of aliphatic hydroxyl groups is 8. The topological polar surface area (TPSA) is 208 Å². The molecule has 0 amide bonds. The number of rotatable bonds is 4. The molecule has 3 fully saturated rings. The number of hydrogen-bond acceptors (Lipinski definition) is 13. The van der Waals surface area contributed by atoms with Gasteiger partial charge in [-0.05, 0) is 20.8 Å². The molecule has 3 heterocycles. The molecule has 31 heavy (non-hydrogen) atoms. The highest BCUT2D eigenvalue weighted by atomic mass is 16.8. The summed E-state index contributed by atoms with van der Waals surface area (Å²) < 4.78 is 26.9. The van der Waals surface area contributed by atoms with Crippen LogP contribution in [0.1, 0.15) is 20.8 Å². The summed E-state index contributed by atoms with van der Waals surface area (Å²) in [6.45, 7) is 4.39. The van der Waals surface area contributed by atoms with Gasteiger partial charge in [0.2, 0.25) is 0 Å². The lowest BCUT2D eigenvalue weighted by atomic mass is 9.97. The van der Waals surface area contributed by atoms with Crippen LogP contribution in [0.4, 0.5) is 0 Å². The predicted molar refractivity (Wildman–Crippen MR) is 97.0 cm³/mol. The zero-order chi connectivity index (χ0) is 23.2. The molecule has 0 aromatic rings. The van der Waals surface area contributed by atoms with Gasteiger partial charge in [-0.15, -0.1) is 0 Å². The average Bonchev–Trinajstić information content (AvgIpc) is 2.72. The summed E-state index contributed by atoms with van der Waals surface area (Å²) in [5.74, 6) is 0. The zero-order valence-electron chi connectivity index (χ0n) is 17.3. The molecular weight excluding hydrogens is 424 g/mol. The Morgan fingerprint density at radius 1 is 0.452 bits per heavy atom. The molecule has 0 radical (unpaired) electrons. The molecular formula is C18H32O13. The van der Waals surface area contributed by atoms with Crippen LogP contribution in [-0.4, -0.2) is 133 Å². The molecule has 0 spiro atoms. The molecule has 13 heteroatoms. The monoisotopic (exact) mass is 456 g/mol. The summed E-state index contributed by atoms with van der Waals surface area (Å²) in [7, 11) is 0. The third-order valence-corrected chi connectivity index (χ3v) is 5.97. The first kappa shape index (κ1) is 25.1. The molecule has 0 aromatic carbocycles. The van der Waals surface area contributed by atoms with E-state index in [1.165, 1.54) is 20.8 Å². The molecule has 0 unspecified atom stereocenters. The van der Waals surface area contributed by atoms with Gasteiger partial charge in [0.1, 0.15) is 54.9 Å². The standard InChI is InChI=1S/C18H32O13/c1-4-8(20)10(22)15(16(26)27-4)31-18-13(25)11(23)14(6(3)29-18)30-17-12(24)9(21)7(19)5(2)28-17/h4-26H,1-3H3/t4-,5-,6-,7-,8-,9+,10+,11-,12+,13+,14-,15+,16+,17-,18-/m0/s1. The van der Waals surface area contributed by atoms with Gasteiger partial charge in [-0.3, -0.25) is 0 Å². The van der Waals surface area contributed by atoms with Crippen LogP contribution in [0, 0.1) is 0 Å². The highest BCUT2D eigenvalue weighted by Crippen LogP contribution is 2.31. The van der Waals surface area contributed by atoms with Gasteiger partial charge in [0.05, 0.1) is 18.3 Å². The Labute approximate surface area is 178 Å². The van der Waals surface area contributed by atoms with Crippen molar-refractivity contribution >= 4 is 0 Å². The Bertz CT molecular complexity index is 595. The molecule has 0 aliphatic carbocycles. The van der Waals surface area contributed by atoms with Gasteiger partial charge in [0.25, 0.3) is 0 Å². The summed E-state index contributed by atoms with van der Waals surface area (Å²) in [4.78, 5) is 0. The first-order chi connectivity index (χ1) is 14.4. The molecule has 0 aromatic heterocycles. The van der Waals surface area contributed by atoms with Gasteiger partial charge in [0, 0.05) is 0 Å². The predicted octanol–water partition coefficient (Wildman–Crippen LogP) is -4.49. The molecule has 15 atom stereocenters. The van der Waals surface area contributed by atoms with Crippen molar-refractivity contribution in [2.75, 3.05) is 0 Å². The van der Waals surface area contributed by atoms with E-state index in [0.29, 0.717) is 0 Å². The van der Waals surface area contributed by atoms with Gasteiger partial charge < -0.3 is 64.5 Å². The summed E-state index contributed by atoms with van der Waals surface area (Å²) in [6, 6.07) is 0. The van der Waals surface area contributed by atoms with Crippen LogP contribution >= 0.6 is 0 Å². The SMILES string of the molecule is C[C@@H]1O[C@@H](O[C@@H]2[C@@H](O)[C@@H](O)[C@H](O[C@@H]3[C@H](O)[C@@H](O)[C@H](C)O[C@H]3O)O[C@H]2C)[C@H](O)[C@H](O)[C@H]1O. The van der Waals surface area contributed by atoms with Crippen molar-refractivity contribution in [1.29, 1.82) is 0 Å². The molecule has 8 N–H and O–H groups in total. The lowest BCUT2D eigenvalue weighted by Gasteiger charge is -2.47. The molecule has 3 aliphatic rings. The van der Waals surface area contributed by atoms with Crippen LogP contribution in [0.3, 0.4) is 0 Å². The molecule has 182 valence electrons.